The van der Waals surface area contributed by atoms with E-state index in [9.17, 15) is 5.11 Å². The Morgan fingerprint density at radius 2 is 1.74 bits per heavy atom. The number of aliphatic hydroxyl groups is 1. The molecule has 19 heavy (non-hydrogen) atoms. The molecule has 1 aromatic heterocycles. The van der Waals surface area contributed by atoms with Crippen molar-refractivity contribution in [3.8, 4) is 11.4 Å². The Morgan fingerprint density at radius 1 is 1.16 bits per heavy atom. The Labute approximate surface area is 121 Å². The SMILES string of the molecule is Cc1cc(-c2ncc([C@@H](C)O)c(C)n2)cc(C)c1Br. The van der Waals surface area contributed by atoms with Gasteiger partial charge in [-0.05, 0) is 51.0 Å². The average Bonchev–Trinajstić information content (AvgIpc) is 2.34. The van der Waals surface area contributed by atoms with Gasteiger partial charge in [-0.15, -0.1) is 0 Å². The Hall–Kier alpha value is -1.26. The fourth-order valence-electron chi connectivity index (χ4n) is 2.10. The number of hydrogen-bond acceptors (Lipinski definition) is 3. The summed E-state index contributed by atoms with van der Waals surface area (Å²) in [6.07, 6.45) is 1.16. The molecule has 0 saturated heterocycles. The van der Waals surface area contributed by atoms with Crippen LogP contribution >= 0.6 is 15.9 Å². The van der Waals surface area contributed by atoms with E-state index in [4.69, 9.17) is 0 Å². The van der Waals surface area contributed by atoms with Crippen LogP contribution in [0.3, 0.4) is 0 Å². The van der Waals surface area contributed by atoms with E-state index in [0.29, 0.717) is 5.82 Å². The normalized spacial score (nSPS) is 12.5. The molecule has 0 unspecified atom stereocenters. The summed E-state index contributed by atoms with van der Waals surface area (Å²) in [5, 5.41) is 9.60. The third kappa shape index (κ3) is 2.85. The summed E-state index contributed by atoms with van der Waals surface area (Å²) in [6.45, 7) is 7.72. The van der Waals surface area contributed by atoms with Crippen LogP contribution in [0.5, 0.6) is 0 Å². The fourth-order valence-corrected chi connectivity index (χ4v) is 2.33. The van der Waals surface area contributed by atoms with Crippen LogP contribution in [0.1, 0.15) is 35.4 Å². The standard InChI is InChI=1S/C15H17BrN2O/c1-8-5-12(6-9(2)14(8)16)15-17-7-13(11(4)19)10(3)18-15/h5-7,11,19H,1-4H3/t11-/m1/s1. The van der Waals surface area contributed by atoms with Gasteiger partial charge >= 0.3 is 0 Å². The van der Waals surface area contributed by atoms with E-state index in [1.165, 1.54) is 0 Å². The van der Waals surface area contributed by atoms with Gasteiger partial charge in [0.2, 0.25) is 0 Å². The van der Waals surface area contributed by atoms with Crippen molar-refractivity contribution in [1.82, 2.24) is 9.97 Å². The molecule has 4 heteroatoms. The minimum atomic E-state index is -0.539. The van der Waals surface area contributed by atoms with Gasteiger partial charge in [0.15, 0.2) is 5.82 Å². The number of nitrogens with zero attached hydrogens (tertiary/aromatic N) is 2. The molecule has 0 amide bonds. The van der Waals surface area contributed by atoms with Crippen LogP contribution in [0.2, 0.25) is 0 Å². The largest absolute Gasteiger partial charge is 0.389 e. The average molecular weight is 321 g/mol. The smallest absolute Gasteiger partial charge is 0.159 e. The third-order valence-electron chi connectivity index (χ3n) is 3.16. The minimum absolute atomic E-state index is 0.539. The Kier molecular flexibility index (Phi) is 4.02. The molecule has 0 aliphatic carbocycles. The summed E-state index contributed by atoms with van der Waals surface area (Å²) in [4.78, 5) is 8.85. The Morgan fingerprint density at radius 3 is 2.21 bits per heavy atom. The molecule has 0 spiro atoms. The van der Waals surface area contributed by atoms with Crippen molar-refractivity contribution in [1.29, 1.82) is 0 Å². The zero-order chi connectivity index (χ0) is 14.2. The van der Waals surface area contributed by atoms with Gasteiger partial charge in [-0.1, -0.05) is 15.9 Å². The van der Waals surface area contributed by atoms with Crippen LogP contribution in [0, 0.1) is 20.8 Å². The van der Waals surface area contributed by atoms with E-state index in [0.717, 1.165) is 32.4 Å². The van der Waals surface area contributed by atoms with E-state index in [1.807, 2.05) is 6.92 Å². The molecule has 1 aromatic carbocycles. The summed E-state index contributed by atoms with van der Waals surface area (Å²) in [7, 11) is 0. The van der Waals surface area contributed by atoms with Crippen molar-refractivity contribution < 1.29 is 5.11 Å². The number of halogens is 1. The molecule has 0 saturated carbocycles. The predicted molar refractivity (Wildman–Crippen MR) is 80.0 cm³/mol. The zero-order valence-corrected chi connectivity index (χ0v) is 13.1. The van der Waals surface area contributed by atoms with Gasteiger partial charge < -0.3 is 5.11 Å². The Balaban J connectivity index is 2.51. The van der Waals surface area contributed by atoms with E-state index in [1.54, 1.807) is 13.1 Å². The molecule has 0 bridgehead atoms. The monoisotopic (exact) mass is 320 g/mol. The maximum absolute atomic E-state index is 9.60. The molecule has 100 valence electrons. The number of aryl methyl sites for hydroxylation is 3. The van der Waals surface area contributed by atoms with Crippen molar-refractivity contribution >= 4 is 15.9 Å². The lowest BCUT2D eigenvalue weighted by Crippen LogP contribution is -2.01. The molecule has 0 radical (unpaired) electrons. The van der Waals surface area contributed by atoms with Gasteiger partial charge in [-0.2, -0.15) is 0 Å². The number of hydrogen-bond donors (Lipinski definition) is 1. The first-order chi connectivity index (χ1) is 8.90. The first-order valence-corrected chi connectivity index (χ1v) is 6.98. The number of benzene rings is 1. The van der Waals surface area contributed by atoms with Crippen molar-refractivity contribution in [2.24, 2.45) is 0 Å². The maximum atomic E-state index is 9.60. The van der Waals surface area contributed by atoms with E-state index in [2.05, 4.69) is 51.9 Å². The summed E-state index contributed by atoms with van der Waals surface area (Å²) < 4.78 is 1.12. The highest BCUT2D eigenvalue weighted by Crippen LogP contribution is 2.27. The molecular formula is C15H17BrN2O. The lowest BCUT2D eigenvalue weighted by molar-refractivity contribution is 0.197. The second kappa shape index (κ2) is 5.39. The second-order valence-corrected chi connectivity index (χ2v) is 5.63. The molecule has 0 fully saturated rings. The van der Waals surface area contributed by atoms with Crippen LogP contribution in [-0.2, 0) is 0 Å². The molecule has 1 N–H and O–H groups in total. The van der Waals surface area contributed by atoms with Crippen LogP contribution in [0.15, 0.2) is 22.8 Å². The van der Waals surface area contributed by atoms with E-state index >= 15 is 0 Å². The first-order valence-electron chi connectivity index (χ1n) is 6.19. The first kappa shape index (κ1) is 14.2. The van der Waals surface area contributed by atoms with Gasteiger partial charge in [0.25, 0.3) is 0 Å². The minimum Gasteiger partial charge on any atom is -0.389 e. The fraction of sp³-hybridized carbons (Fsp3) is 0.333. The van der Waals surface area contributed by atoms with Crippen molar-refractivity contribution in [3.63, 3.8) is 0 Å². The summed E-state index contributed by atoms with van der Waals surface area (Å²) in [5.41, 5.74) is 4.91. The second-order valence-electron chi connectivity index (χ2n) is 4.83. The van der Waals surface area contributed by atoms with Gasteiger partial charge in [0.1, 0.15) is 0 Å². The summed E-state index contributed by atoms with van der Waals surface area (Å²) in [6, 6.07) is 4.13. The lowest BCUT2D eigenvalue weighted by atomic mass is 10.1. The number of aromatic nitrogens is 2. The topological polar surface area (TPSA) is 46.0 Å². The highest BCUT2D eigenvalue weighted by Gasteiger charge is 2.11. The number of aliphatic hydroxyl groups excluding tert-OH is 1. The van der Waals surface area contributed by atoms with Crippen molar-refractivity contribution in [2.45, 2.75) is 33.8 Å². The van der Waals surface area contributed by atoms with E-state index < -0.39 is 6.10 Å². The number of rotatable bonds is 2. The van der Waals surface area contributed by atoms with Gasteiger partial charge in [-0.25, -0.2) is 9.97 Å². The molecule has 2 rings (SSSR count). The third-order valence-corrected chi connectivity index (χ3v) is 4.41. The molecule has 1 heterocycles. The lowest BCUT2D eigenvalue weighted by Gasteiger charge is -2.11. The zero-order valence-electron chi connectivity index (χ0n) is 11.5. The maximum Gasteiger partial charge on any atom is 0.159 e. The van der Waals surface area contributed by atoms with Gasteiger partial charge in [0.05, 0.1) is 6.10 Å². The highest BCUT2D eigenvalue weighted by molar-refractivity contribution is 9.10. The molecular weight excluding hydrogens is 304 g/mol. The van der Waals surface area contributed by atoms with Gasteiger partial charge in [-0.3, -0.25) is 0 Å². The predicted octanol–water partition coefficient (Wildman–Crippen LogP) is 3.88. The van der Waals surface area contributed by atoms with Crippen LogP contribution in [-0.4, -0.2) is 15.1 Å². The summed E-state index contributed by atoms with van der Waals surface area (Å²) >= 11 is 3.56. The molecule has 2 aromatic rings. The highest BCUT2D eigenvalue weighted by atomic mass is 79.9. The van der Waals surface area contributed by atoms with Gasteiger partial charge in [0, 0.05) is 27.5 Å². The van der Waals surface area contributed by atoms with Crippen molar-refractivity contribution in [2.75, 3.05) is 0 Å². The van der Waals surface area contributed by atoms with Crippen molar-refractivity contribution in [3.05, 3.63) is 45.2 Å². The Bertz CT molecular complexity index is 601. The van der Waals surface area contributed by atoms with Crippen LogP contribution in [0.25, 0.3) is 11.4 Å². The van der Waals surface area contributed by atoms with Crippen LogP contribution < -0.4 is 0 Å². The molecule has 0 aliphatic heterocycles. The molecule has 0 aliphatic rings. The van der Waals surface area contributed by atoms with Crippen LogP contribution in [0.4, 0.5) is 0 Å². The molecule has 1 atom stereocenters. The molecule has 3 nitrogen and oxygen atoms in total. The quantitative estimate of drug-likeness (QED) is 0.913. The van der Waals surface area contributed by atoms with E-state index in [-0.39, 0.29) is 0 Å². The summed E-state index contributed by atoms with van der Waals surface area (Å²) in [5.74, 6) is 0.695.